The van der Waals surface area contributed by atoms with E-state index in [4.69, 9.17) is 10.2 Å². The molecule has 0 bridgehead atoms. The number of hydrogen-bond acceptors (Lipinski definition) is 4. The van der Waals surface area contributed by atoms with Crippen LogP contribution in [0.1, 0.15) is 47.7 Å². The number of nitrogen functional groups attached to an aromatic ring is 1. The van der Waals surface area contributed by atoms with Crippen LogP contribution in [0.5, 0.6) is 0 Å². The van der Waals surface area contributed by atoms with Gasteiger partial charge in [0.25, 0.3) is 0 Å². The normalized spacial score (nSPS) is 11.2. The fraction of sp³-hybridized carbons (Fsp3) is 0.357. The summed E-state index contributed by atoms with van der Waals surface area (Å²) >= 11 is 1.23. The van der Waals surface area contributed by atoms with Crippen LogP contribution in [0.25, 0.3) is 10.4 Å². The lowest BCUT2D eigenvalue weighted by atomic mass is 9.98. The van der Waals surface area contributed by atoms with Gasteiger partial charge in [0.15, 0.2) is 0 Å². The second-order valence-electron chi connectivity index (χ2n) is 4.66. The van der Waals surface area contributed by atoms with Crippen LogP contribution in [-0.4, -0.2) is 11.1 Å². The van der Waals surface area contributed by atoms with Crippen LogP contribution in [0.4, 0.5) is 5.69 Å². The minimum atomic E-state index is -0.975. The molecule has 4 nitrogen and oxygen atoms in total. The number of aryl methyl sites for hydroxylation is 1. The Morgan fingerprint density at radius 2 is 2.21 bits per heavy atom. The number of aromatic carboxylic acids is 1. The summed E-state index contributed by atoms with van der Waals surface area (Å²) in [5, 5.41) is 9.22. The number of rotatable bonds is 4. The maximum absolute atomic E-state index is 11.2. The Labute approximate surface area is 115 Å². The Bertz CT molecular complexity index is 610. The molecule has 0 atom stereocenters. The summed E-state index contributed by atoms with van der Waals surface area (Å²) in [7, 11) is 0. The summed E-state index contributed by atoms with van der Waals surface area (Å²) in [6.45, 7) is 6.03. The van der Waals surface area contributed by atoms with Crippen LogP contribution in [-0.2, 0) is 6.42 Å². The summed E-state index contributed by atoms with van der Waals surface area (Å²) in [4.78, 5) is 12.4. The third kappa shape index (κ3) is 2.26. The van der Waals surface area contributed by atoms with Gasteiger partial charge in [0.2, 0.25) is 0 Å². The molecule has 0 aliphatic carbocycles. The highest BCUT2D eigenvalue weighted by Crippen LogP contribution is 2.44. The van der Waals surface area contributed by atoms with Crippen molar-refractivity contribution in [2.75, 3.05) is 5.73 Å². The molecule has 2 rings (SSSR count). The van der Waals surface area contributed by atoms with Gasteiger partial charge in [-0.2, -0.15) is 0 Å². The molecule has 0 saturated heterocycles. The first-order valence-corrected chi connectivity index (χ1v) is 7.01. The molecule has 0 aliphatic heterocycles. The second-order valence-corrected chi connectivity index (χ2v) is 5.68. The van der Waals surface area contributed by atoms with Crippen LogP contribution in [0.15, 0.2) is 16.7 Å². The fourth-order valence-corrected chi connectivity index (χ4v) is 3.46. The number of anilines is 1. The average molecular weight is 279 g/mol. The van der Waals surface area contributed by atoms with Crippen molar-refractivity contribution >= 4 is 23.0 Å². The molecule has 0 spiro atoms. The van der Waals surface area contributed by atoms with E-state index in [-0.39, 0.29) is 10.8 Å². The van der Waals surface area contributed by atoms with Crippen molar-refractivity contribution in [3.8, 4) is 10.4 Å². The van der Waals surface area contributed by atoms with E-state index in [1.165, 1.54) is 11.3 Å². The lowest BCUT2D eigenvalue weighted by Gasteiger charge is -2.08. The number of carbonyl (C=O) groups is 1. The number of carboxylic acid groups (broad SMARTS) is 1. The molecule has 0 amide bonds. The Hall–Kier alpha value is -1.75. The van der Waals surface area contributed by atoms with E-state index < -0.39 is 5.97 Å². The largest absolute Gasteiger partial charge is 0.477 e. The quantitative estimate of drug-likeness (QED) is 0.887. The van der Waals surface area contributed by atoms with Gasteiger partial charge in [0.05, 0.1) is 12.0 Å². The summed E-state index contributed by atoms with van der Waals surface area (Å²) in [6, 6.07) is 1.88. The maximum Gasteiger partial charge on any atom is 0.348 e. The van der Waals surface area contributed by atoms with E-state index in [0.717, 1.165) is 28.2 Å². The highest BCUT2D eigenvalue weighted by atomic mass is 32.1. The molecule has 5 heteroatoms. The van der Waals surface area contributed by atoms with Gasteiger partial charge in [-0.3, -0.25) is 0 Å². The molecule has 2 heterocycles. The van der Waals surface area contributed by atoms with Gasteiger partial charge in [-0.1, -0.05) is 20.8 Å². The second kappa shape index (κ2) is 5.09. The molecule has 0 unspecified atom stereocenters. The number of carboxylic acids is 1. The minimum absolute atomic E-state index is 0.166. The number of thiophene rings is 1. The third-order valence-corrected chi connectivity index (χ3v) is 4.31. The maximum atomic E-state index is 11.2. The zero-order valence-electron chi connectivity index (χ0n) is 11.2. The van der Waals surface area contributed by atoms with Crippen molar-refractivity contribution in [3.05, 3.63) is 28.5 Å². The number of hydrogen-bond donors (Lipinski definition) is 2. The topological polar surface area (TPSA) is 76.5 Å². The van der Waals surface area contributed by atoms with Crippen molar-refractivity contribution in [1.82, 2.24) is 0 Å². The molecule has 3 N–H and O–H groups in total. The summed E-state index contributed by atoms with van der Waals surface area (Å²) in [6.07, 6.45) is 2.40. The molecule has 0 saturated carbocycles. The average Bonchev–Trinajstić information content (AvgIpc) is 2.91. The summed E-state index contributed by atoms with van der Waals surface area (Å²) < 4.78 is 5.43. The van der Waals surface area contributed by atoms with Crippen LogP contribution in [0.2, 0.25) is 0 Å². The lowest BCUT2D eigenvalue weighted by molar-refractivity contribution is 0.0703. The molecular weight excluding hydrogens is 262 g/mol. The van der Waals surface area contributed by atoms with Gasteiger partial charge < -0.3 is 15.3 Å². The molecule has 0 radical (unpaired) electrons. The van der Waals surface area contributed by atoms with E-state index in [1.807, 2.05) is 26.8 Å². The molecule has 19 heavy (non-hydrogen) atoms. The van der Waals surface area contributed by atoms with Gasteiger partial charge in [-0.05, 0) is 17.5 Å². The Morgan fingerprint density at radius 3 is 2.74 bits per heavy atom. The standard InChI is InChI=1S/C14H17NO3S/c1-4-9-8(5-6-18-9)12-10(7(2)3)11(15)13(19-12)14(16)17/h5-7H,4,15H2,1-3H3,(H,16,17). The molecule has 102 valence electrons. The van der Waals surface area contributed by atoms with E-state index in [2.05, 4.69) is 0 Å². The van der Waals surface area contributed by atoms with Crippen LogP contribution in [0, 0.1) is 0 Å². The molecular formula is C14H17NO3S. The predicted molar refractivity (Wildman–Crippen MR) is 76.9 cm³/mol. The Kier molecular flexibility index (Phi) is 3.66. The van der Waals surface area contributed by atoms with Gasteiger partial charge in [-0.25, -0.2) is 4.79 Å². The first-order chi connectivity index (χ1) is 8.97. The Morgan fingerprint density at radius 1 is 1.53 bits per heavy atom. The molecule has 0 fully saturated rings. The Balaban J connectivity index is 2.69. The van der Waals surface area contributed by atoms with E-state index in [0.29, 0.717) is 5.69 Å². The molecule has 2 aromatic heterocycles. The summed E-state index contributed by atoms with van der Waals surface area (Å²) in [5.41, 5.74) is 8.24. The highest BCUT2D eigenvalue weighted by Gasteiger charge is 2.25. The van der Waals surface area contributed by atoms with Crippen molar-refractivity contribution in [3.63, 3.8) is 0 Å². The predicted octanol–water partition coefficient (Wildman–Crippen LogP) is 3.97. The molecule has 2 aromatic rings. The van der Waals surface area contributed by atoms with Gasteiger partial charge >= 0.3 is 5.97 Å². The van der Waals surface area contributed by atoms with Crippen molar-refractivity contribution in [1.29, 1.82) is 0 Å². The van der Waals surface area contributed by atoms with E-state index in [9.17, 15) is 9.90 Å². The fourth-order valence-electron chi connectivity index (χ4n) is 2.21. The van der Waals surface area contributed by atoms with Crippen LogP contribution in [0.3, 0.4) is 0 Å². The smallest absolute Gasteiger partial charge is 0.348 e. The highest BCUT2D eigenvalue weighted by molar-refractivity contribution is 7.18. The van der Waals surface area contributed by atoms with E-state index >= 15 is 0 Å². The molecule has 0 aromatic carbocycles. The summed E-state index contributed by atoms with van der Waals surface area (Å²) in [5.74, 6) is 0.0521. The SMILES string of the molecule is CCc1occc1-c1sc(C(=O)O)c(N)c1C(C)C. The number of furan rings is 1. The van der Waals surface area contributed by atoms with Crippen LogP contribution < -0.4 is 5.73 Å². The van der Waals surface area contributed by atoms with Crippen molar-refractivity contribution in [2.24, 2.45) is 0 Å². The van der Waals surface area contributed by atoms with Crippen molar-refractivity contribution in [2.45, 2.75) is 33.1 Å². The van der Waals surface area contributed by atoms with Gasteiger partial charge in [0, 0.05) is 16.9 Å². The van der Waals surface area contributed by atoms with Crippen LogP contribution >= 0.6 is 11.3 Å². The van der Waals surface area contributed by atoms with Gasteiger partial charge in [-0.15, -0.1) is 11.3 Å². The number of nitrogens with two attached hydrogens (primary N) is 1. The van der Waals surface area contributed by atoms with Gasteiger partial charge in [0.1, 0.15) is 10.6 Å². The first kappa shape index (κ1) is 13.7. The minimum Gasteiger partial charge on any atom is -0.477 e. The lowest BCUT2D eigenvalue weighted by Crippen LogP contribution is -2.00. The third-order valence-electron chi connectivity index (χ3n) is 3.07. The molecule has 0 aliphatic rings. The van der Waals surface area contributed by atoms with Crippen molar-refractivity contribution < 1.29 is 14.3 Å². The monoisotopic (exact) mass is 279 g/mol. The van der Waals surface area contributed by atoms with E-state index in [1.54, 1.807) is 6.26 Å². The zero-order valence-corrected chi connectivity index (χ0v) is 12.0. The zero-order chi connectivity index (χ0) is 14.2. The first-order valence-electron chi connectivity index (χ1n) is 6.19.